The molecule has 3 heterocycles. The summed E-state index contributed by atoms with van der Waals surface area (Å²) in [5, 5.41) is 2.57. The second kappa shape index (κ2) is 11.4. The van der Waals surface area contributed by atoms with Crippen LogP contribution < -0.4 is 0 Å². The molecule has 0 radical (unpaired) electrons. The summed E-state index contributed by atoms with van der Waals surface area (Å²) in [5.41, 5.74) is 8.51. The Balaban J connectivity index is 1.10. The number of aromatic nitrogens is 5. The Morgan fingerprint density at radius 3 is 1.72 bits per heavy atom. The van der Waals surface area contributed by atoms with Crippen molar-refractivity contribution in [2.24, 2.45) is 0 Å². The Morgan fingerprint density at radius 1 is 0.362 bits per heavy atom. The van der Waals surface area contributed by atoms with E-state index in [1.54, 1.807) is 0 Å². The zero-order valence-corrected chi connectivity index (χ0v) is 25.9. The number of nitrogens with zero attached hydrogens (tertiary/aromatic N) is 5. The molecule has 47 heavy (non-hydrogen) atoms. The van der Waals surface area contributed by atoms with E-state index in [9.17, 15) is 0 Å². The molecule has 0 bridgehead atoms. The average Bonchev–Trinajstić information content (AvgIpc) is 3.53. The van der Waals surface area contributed by atoms with E-state index in [-0.39, 0.29) is 0 Å². The topological polar surface area (TPSA) is 64.5 Å². The summed E-state index contributed by atoms with van der Waals surface area (Å²) in [6, 6.07) is 49.8. The SMILES string of the molecule is c1ccc(-c2nc(-c3ccccc3)nc(-c3cccc(-c4ccc5ncc(-c6ccc7c(c6)sc6ccccc67)nc5c4)c3)n2)cc1. The Hall–Kier alpha value is -6.11. The third-order valence-corrected chi connectivity index (χ3v) is 9.50. The minimum atomic E-state index is 0.624. The third kappa shape index (κ3) is 5.11. The van der Waals surface area contributed by atoms with E-state index in [0.717, 1.165) is 50.1 Å². The fraction of sp³-hybridized carbons (Fsp3) is 0. The van der Waals surface area contributed by atoms with Gasteiger partial charge in [-0.2, -0.15) is 0 Å². The van der Waals surface area contributed by atoms with Gasteiger partial charge in [0.05, 0.1) is 22.9 Å². The van der Waals surface area contributed by atoms with Crippen LogP contribution in [0, 0.1) is 0 Å². The van der Waals surface area contributed by atoms with Gasteiger partial charge in [-0.05, 0) is 41.5 Å². The molecular formula is C41H25N5S. The van der Waals surface area contributed by atoms with Crippen LogP contribution in [0.5, 0.6) is 0 Å². The van der Waals surface area contributed by atoms with Crippen molar-refractivity contribution < 1.29 is 0 Å². The molecule has 3 aromatic heterocycles. The largest absolute Gasteiger partial charge is 0.252 e. The Bertz CT molecular complexity index is 2520. The summed E-state index contributed by atoms with van der Waals surface area (Å²) < 4.78 is 2.54. The molecule has 0 amide bonds. The van der Waals surface area contributed by atoms with Gasteiger partial charge in [0, 0.05) is 42.4 Å². The van der Waals surface area contributed by atoms with Gasteiger partial charge < -0.3 is 0 Å². The summed E-state index contributed by atoms with van der Waals surface area (Å²) in [4.78, 5) is 24.5. The van der Waals surface area contributed by atoms with E-state index in [1.807, 2.05) is 96.4 Å². The van der Waals surface area contributed by atoms with Crippen molar-refractivity contribution in [3.63, 3.8) is 0 Å². The van der Waals surface area contributed by atoms with Crippen LogP contribution in [0.1, 0.15) is 0 Å². The third-order valence-electron chi connectivity index (χ3n) is 8.37. The van der Waals surface area contributed by atoms with Gasteiger partial charge in [0.1, 0.15) is 0 Å². The molecule has 0 aliphatic rings. The van der Waals surface area contributed by atoms with E-state index in [4.69, 9.17) is 24.9 Å². The predicted molar refractivity (Wildman–Crippen MR) is 193 cm³/mol. The van der Waals surface area contributed by atoms with Crippen molar-refractivity contribution in [3.8, 4) is 56.5 Å². The lowest BCUT2D eigenvalue weighted by molar-refractivity contribution is 1.07. The number of hydrogen-bond acceptors (Lipinski definition) is 6. The van der Waals surface area contributed by atoms with Crippen LogP contribution in [-0.2, 0) is 0 Å². The maximum atomic E-state index is 5.07. The molecule has 0 atom stereocenters. The van der Waals surface area contributed by atoms with Crippen LogP contribution in [0.15, 0.2) is 152 Å². The van der Waals surface area contributed by atoms with E-state index in [0.29, 0.717) is 17.5 Å². The van der Waals surface area contributed by atoms with Gasteiger partial charge in [-0.1, -0.05) is 115 Å². The zero-order chi connectivity index (χ0) is 31.2. The number of thiophene rings is 1. The van der Waals surface area contributed by atoms with Crippen LogP contribution in [-0.4, -0.2) is 24.9 Å². The van der Waals surface area contributed by atoms with Crippen LogP contribution in [0.3, 0.4) is 0 Å². The Morgan fingerprint density at radius 2 is 0.957 bits per heavy atom. The lowest BCUT2D eigenvalue weighted by Crippen LogP contribution is -2.00. The molecule has 0 N–H and O–H groups in total. The fourth-order valence-electron chi connectivity index (χ4n) is 5.99. The van der Waals surface area contributed by atoms with Crippen LogP contribution in [0.25, 0.3) is 87.8 Å². The first-order chi connectivity index (χ1) is 23.2. The predicted octanol–water partition coefficient (Wildman–Crippen LogP) is 10.5. The normalized spacial score (nSPS) is 11.4. The molecule has 9 aromatic rings. The molecule has 0 aliphatic heterocycles. The number of benzene rings is 6. The fourth-order valence-corrected chi connectivity index (χ4v) is 7.14. The molecule has 6 aromatic carbocycles. The molecule has 5 nitrogen and oxygen atoms in total. The summed E-state index contributed by atoms with van der Waals surface area (Å²) in [6.07, 6.45) is 1.87. The Labute approximate surface area is 275 Å². The lowest BCUT2D eigenvalue weighted by atomic mass is 10.0. The molecule has 6 heteroatoms. The van der Waals surface area contributed by atoms with Crippen molar-refractivity contribution in [3.05, 3.63) is 152 Å². The number of rotatable bonds is 5. The smallest absolute Gasteiger partial charge is 0.164 e. The summed E-state index contributed by atoms with van der Waals surface area (Å²) in [6.45, 7) is 0. The van der Waals surface area contributed by atoms with Crippen LogP contribution in [0.2, 0.25) is 0 Å². The standard InChI is InChI=1S/C41H25N5S/c1-3-10-26(11-4-1)39-44-40(27-12-5-2-6-13-27)46-41(45-39)31-15-9-14-28(22-31)29-19-21-34-35(23-29)43-36(25-42-34)30-18-20-33-32-16-7-8-17-37(32)47-38(33)24-30/h1-25H. The molecule has 220 valence electrons. The van der Waals surface area contributed by atoms with E-state index < -0.39 is 0 Å². The highest BCUT2D eigenvalue weighted by molar-refractivity contribution is 7.25. The summed E-state index contributed by atoms with van der Waals surface area (Å²) in [7, 11) is 0. The van der Waals surface area contributed by atoms with Crippen molar-refractivity contribution in [2.75, 3.05) is 0 Å². The van der Waals surface area contributed by atoms with E-state index >= 15 is 0 Å². The highest BCUT2D eigenvalue weighted by atomic mass is 32.1. The van der Waals surface area contributed by atoms with Crippen LogP contribution in [0.4, 0.5) is 0 Å². The van der Waals surface area contributed by atoms with Gasteiger partial charge >= 0.3 is 0 Å². The second-order valence-electron chi connectivity index (χ2n) is 11.4. The summed E-state index contributed by atoms with van der Waals surface area (Å²) >= 11 is 1.81. The molecule has 0 fully saturated rings. The first kappa shape index (κ1) is 27.2. The van der Waals surface area contributed by atoms with Gasteiger partial charge in [0.2, 0.25) is 0 Å². The monoisotopic (exact) mass is 619 g/mol. The number of hydrogen-bond donors (Lipinski definition) is 0. The van der Waals surface area contributed by atoms with Gasteiger partial charge in [0.15, 0.2) is 17.5 Å². The van der Waals surface area contributed by atoms with Crippen LogP contribution >= 0.6 is 11.3 Å². The molecule has 0 unspecified atom stereocenters. The first-order valence-corrected chi connectivity index (χ1v) is 16.2. The minimum Gasteiger partial charge on any atom is -0.252 e. The van der Waals surface area contributed by atoms with Crippen molar-refractivity contribution in [1.82, 2.24) is 24.9 Å². The average molecular weight is 620 g/mol. The van der Waals surface area contributed by atoms with Gasteiger partial charge in [-0.15, -0.1) is 11.3 Å². The lowest BCUT2D eigenvalue weighted by Gasteiger charge is -2.10. The maximum Gasteiger partial charge on any atom is 0.164 e. The van der Waals surface area contributed by atoms with Gasteiger partial charge in [0.25, 0.3) is 0 Å². The Kier molecular flexibility index (Phi) is 6.58. The summed E-state index contributed by atoms with van der Waals surface area (Å²) in [5.74, 6) is 1.91. The highest BCUT2D eigenvalue weighted by Gasteiger charge is 2.14. The van der Waals surface area contributed by atoms with Gasteiger partial charge in [-0.3, -0.25) is 4.98 Å². The van der Waals surface area contributed by atoms with Crippen molar-refractivity contribution in [2.45, 2.75) is 0 Å². The minimum absolute atomic E-state index is 0.624. The van der Waals surface area contributed by atoms with Gasteiger partial charge in [-0.25, -0.2) is 19.9 Å². The van der Waals surface area contributed by atoms with Crippen molar-refractivity contribution >= 4 is 42.5 Å². The molecule has 0 saturated carbocycles. The van der Waals surface area contributed by atoms with Crippen molar-refractivity contribution in [1.29, 1.82) is 0 Å². The molecule has 0 saturated heterocycles. The number of fused-ring (bicyclic) bond motifs is 4. The second-order valence-corrected chi connectivity index (χ2v) is 12.5. The first-order valence-electron chi connectivity index (χ1n) is 15.4. The zero-order valence-electron chi connectivity index (χ0n) is 25.1. The quantitative estimate of drug-likeness (QED) is 0.192. The molecular weight excluding hydrogens is 595 g/mol. The molecule has 0 aliphatic carbocycles. The van der Waals surface area contributed by atoms with E-state index in [1.165, 1.54) is 20.2 Å². The maximum absolute atomic E-state index is 5.07. The molecule has 0 spiro atoms. The molecule has 9 rings (SSSR count). The highest BCUT2D eigenvalue weighted by Crippen LogP contribution is 2.36. The van der Waals surface area contributed by atoms with E-state index in [2.05, 4.69) is 66.7 Å².